The molecular formula is C11H16N2O2. The summed E-state index contributed by atoms with van der Waals surface area (Å²) in [6, 6.07) is 4.09. The van der Waals surface area contributed by atoms with Crippen LogP contribution in [0.4, 0.5) is 0 Å². The number of carbonyl (C=O) groups is 1. The summed E-state index contributed by atoms with van der Waals surface area (Å²) >= 11 is 0. The van der Waals surface area contributed by atoms with Crippen LogP contribution in [0.1, 0.15) is 25.5 Å². The molecule has 1 aliphatic carbocycles. The molecule has 4 nitrogen and oxygen atoms in total. The standard InChI is InChI=1S/C11H16N2O2/c1-8(13-9-4-5-9)11(14)12-7-10-3-2-6-15-10/h2-3,6,8-9,13H,4-5,7H2,1H3,(H,12,14). The van der Waals surface area contributed by atoms with Gasteiger partial charge in [-0.1, -0.05) is 0 Å². The van der Waals surface area contributed by atoms with Gasteiger partial charge < -0.3 is 15.1 Å². The largest absolute Gasteiger partial charge is 0.467 e. The van der Waals surface area contributed by atoms with Gasteiger partial charge in [0.2, 0.25) is 5.91 Å². The summed E-state index contributed by atoms with van der Waals surface area (Å²) in [5.41, 5.74) is 0. The van der Waals surface area contributed by atoms with Crippen molar-refractivity contribution in [3.63, 3.8) is 0 Å². The van der Waals surface area contributed by atoms with Gasteiger partial charge in [-0.3, -0.25) is 4.79 Å². The van der Waals surface area contributed by atoms with Gasteiger partial charge in [0.25, 0.3) is 0 Å². The van der Waals surface area contributed by atoms with Gasteiger partial charge in [-0.2, -0.15) is 0 Å². The number of carbonyl (C=O) groups excluding carboxylic acids is 1. The molecule has 0 aliphatic heterocycles. The fourth-order valence-corrected chi connectivity index (χ4v) is 1.42. The van der Waals surface area contributed by atoms with Crippen LogP contribution in [0, 0.1) is 0 Å². The summed E-state index contributed by atoms with van der Waals surface area (Å²) in [5, 5.41) is 6.06. The fourth-order valence-electron chi connectivity index (χ4n) is 1.42. The topological polar surface area (TPSA) is 54.3 Å². The van der Waals surface area contributed by atoms with Crippen molar-refractivity contribution in [1.82, 2.24) is 10.6 Å². The SMILES string of the molecule is CC(NC1CC1)C(=O)NCc1ccco1. The van der Waals surface area contributed by atoms with Crippen molar-refractivity contribution in [3.05, 3.63) is 24.2 Å². The highest BCUT2D eigenvalue weighted by atomic mass is 16.3. The van der Waals surface area contributed by atoms with Crippen LogP contribution in [0.5, 0.6) is 0 Å². The monoisotopic (exact) mass is 208 g/mol. The molecule has 0 saturated heterocycles. The van der Waals surface area contributed by atoms with Gasteiger partial charge in [0.05, 0.1) is 18.8 Å². The first-order valence-electron chi connectivity index (χ1n) is 5.32. The van der Waals surface area contributed by atoms with Gasteiger partial charge in [-0.15, -0.1) is 0 Å². The number of hydrogen-bond donors (Lipinski definition) is 2. The number of furan rings is 1. The molecule has 1 saturated carbocycles. The number of hydrogen-bond acceptors (Lipinski definition) is 3. The lowest BCUT2D eigenvalue weighted by Gasteiger charge is -2.12. The molecule has 15 heavy (non-hydrogen) atoms. The lowest BCUT2D eigenvalue weighted by Crippen LogP contribution is -2.42. The molecule has 1 aromatic rings. The summed E-state index contributed by atoms with van der Waals surface area (Å²) < 4.78 is 5.12. The van der Waals surface area contributed by atoms with E-state index < -0.39 is 0 Å². The number of amides is 1. The average molecular weight is 208 g/mol. The Labute approximate surface area is 89.0 Å². The molecule has 1 aliphatic rings. The highest BCUT2D eigenvalue weighted by molar-refractivity contribution is 5.81. The molecule has 0 bridgehead atoms. The molecule has 1 heterocycles. The fraction of sp³-hybridized carbons (Fsp3) is 0.545. The normalized spacial score (nSPS) is 17.4. The molecule has 1 unspecified atom stereocenters. The molecular weight excluding hydrogens is 192 g/mol. The molecule has 4 heteroatoms. The summed E-state index contributed by atoms with van der Waals surface area (Å²) in [4.78, 5) is 11.6. The molecule has 1 amide bonds. The highest BCUT2D eigenvalue weighted by Gasteiger charge is 2.25. The Balaban J connectivity index is 1.71. The Hall–Kier alpha value is -1.29. The van der Waals surface area contributed by atoms with E-state index in [1.807, 2.05) is 19.1 Å². The highest BCUT2D eigenvalue weighted by Crippen LogP contribution is 2.19. The van der Waals surface area contributed by atoms with Crippen molar-refractivity contribution < 1.29 is 9.21 Å². The van der Waals surface area contributed by atoms with E-state index in [-0.39, 0.29) is 11.9 Å². The van der Waals surface area contributed by atoms with Gasteiger partial charge in [0, 0.05) is 6.04 Å². The smallest absolute Gasteiger partial charge is 0.237 e. The molecule has 0 radical (unpaired) electrons. The predicted octanol–water partition coefficient (Wildman–Crippen LogP) is 1.04. The van der Waals surface area contributed by atoms with E-state index >= 15 is 0 Å². The summed E-state index contributed by atoms with van der Waals surface area (Å²) in [5.74, 6) is 0.806. The quantitative estimate of drug-likeness (QED) is 0.760. The third-order valence-corrected chi connectivity index (χ3v) is 2.47. The number of nitrogens with one attached hydrogen (secondary N) is 2. The van der Waals surface area contributed by atoms with Crippen LogP contribution in [-0.4, -0.2) is 18.0 Å². The van der Waals surface area contributed by atoms with Gasteiger partial charge in [-0.05, 0) is 31.9 Å². The van der Waals surface area contributed by atoms with Crippen LogP contribution in [-0.2, 0) is 11.3 Å². The van der Waals surface area contributed by atoms with E-state index in [0.29, 0.717) is 12.6 Å². The van der Waals surface area contributed by atoms with Crippen LogP contribution >= 0.6 is 0 Å². The van der Waals surface area contributed by atoms with E-state index in [2.05, 4.69) is 10.6 Å². The van der Waals surface area contributed by atoms with E-state index in [1.54, 1.807) is 6.26 Å². The maximum Gasteiger partial charge on any atom is 0.237 e. The van der Waals surface area contributed by atoms with E-state index in [9.17, 15) is 4.79 Å². The minimum atomic E-state index is -0.118. The van der Waals surface area contributed by atoms with Crippen molar-refractivity contribution in [2.45, 2.75) is 38.4 Å². The Morgan fingerprint density at radius 3 is 3.07 bits per heavy atom. The molecule has 0 spiro atoms. The number of rotatable bonds is 5. The van der Waals surface area contributed by atoms with Crippen molar-refractivity contribution >= 4 is 5.91 Å². The van der Waals surface area contributed by atoms with Crippen molar-refractivity contribution in [1.29, 1.82) is 0 Å². The minimum Gasteiger partial charge on any atom is -0.467 e. The minimum absolute atomic E-state index is 0.0262. The van der Waals surface area contributed by atoms with Crippen molar-refractivity contribution in [3.8, 4) is 0 Å². The van der Waals surface area contributed by atoms with Gasteiger partial charge in [0.1, 0.15) is 5.76 Å². The first-order valence-corrected chi connectivity index (χ1v) is 5.32. The lowest BCUT2D eigenvalue weighted by atomic mass is 10.3. The first kappa shape index (κ1) is 10.2. The average Bonchev–Trinajstić information content (AvgIpc) is 2.88. The van der Waals surface area contributed by atoms with E-state index in [4.69, 9.17) is 4.42 Å². The summed E-state index contributed by atoms with van der Waals surface area (Å²) in [6.07, 6.45) is 3.99. The second kappa shape index (κ2) is 4.49. The third-order valence-electron chi connectivity index (χ3n) is 2.47. The van der Waals surface area contributed by atoms with Crippen LogP contribution in [0.3, 0.4) is 0 Å². The van der Waals surface area contributed by atoms with E-state index in [1.165, 1.54) is 12.8 Å². The second-order valence-electron chi connectivity index (χ2n) is 3.96. The zero-order chi connectivity index (χ0) is 10.7. The zero-order valence-electron chi connectivity index (χ0n) is 8.82. The molecule has 1 fully saturated rings. The van der Waals surface area contributed by atoms with Gasteiger partial charge >= 0.3 is 0 Å². The molecule has 2 N–H and O–H groups in total. The van der Waals surface area contributed by atoms with Crippen LogP contribution < -0.4 is 10.6 Å². The second-order valence-corrected chi connectivity index (χ2v) is 3.96. The maximum atomic E-state index is 11.6. The van der Waals surface area contributed by atoms with E-state index in [0.717, 1.165) is 5.76 Å². The molecule has 1 atom stereocenters. The van der Waals surface area contributed by atoms with Gasteiger partial charge in [-0.25, -0.2) is 0 Å². The Morgan fingerprint density at radius 1 is 1.67 bits per heavy atom. The summed E-state index contributed by atoms with van der Waals surface area (Å²) in [7, 11) is 0. The third kappa shape index (κ3) is 3.09. The summed E-state index contributed by atoms with van der Waals surface area (Å²) in [6.45, 7) is 2.35. The Kier molecular flexibility index (Phi) is 3.06. The van der Waals surface area contributed by atoms with Crippen LogP contribution in [0.2, 0.25) is 0 Å². The van der Waals surface area contributed by atoms with Crippen molar-refractivity contribution in [2.24, 2.45) is 0 Å². The maximum absolute atomic E-state index is 11.6. The van der Waals surface area contributed by atoms with Gasteiger partial charge in [0.15, 0.2) is 0 Å². The first-order chi connectivity index (χ1) is 7.25. The van der Waals surface area contributed by atoms with Crippen LogP contribution in [0.25, 0.3) is 0 Å². The zero-order valence-corrected chi connectivity index (χ0v) is 8.82. The lowest BCUT2D eigenvalue weighted by molar-refractivity contribution is -0.123. The molecule has 2 rings (SSSR count). The Morgan fingerprint density at radius 2 is 2.47 bits per heavy atom. The van der Waals surface area contributed by atoms with Crippen molar-refractivity contribution in [2.75, 3.05) is 0 Å². The molecule has 0 aromatic carbocycles. The van der Waals surface area contributed by atoms with Crippen LogP contribution in [0.15, 0.2) is 22.8 Å². The Bertz CT molecular complexity index is 317. The molecule has 1 aromatic heterocycles. The molecule has 82 valence electrons. The predicted molar refractivity (Wildman–Crippen MR) is 56.2 cm³/mol.